The summed E-state index contributed by atoms with van der Waals surface area (Å²) in [4.78, 5) is 11.1. The lowest BCUT2D eigenvalue weighted by atomic mass is 9.99. The van der Waals surface area contributed by atoms with Crippen LogP contribution in [-0.2, 0) is 4.74 Å². The Bertz CT molecular complexity index is 797. The second kappa shape index (κ2) is 6.17. The maximum atomic E-state index is 11.1. The number of hydrogen-bond acceptors (Lipinski definition) is 5. The van der Waals surface area contributed by atoms with Crippen molar-refractivity contribution in [2.45, 2.75) is 12.5 Å². The third-order valence-electron chi connectivity index (χ3n) is 3.29. The van der Waals surface area contributed by atoms with Crippen molar-refractivity contribution in [2.75, 3.05) is 13.7 Å². The molecule has 120 valence electrons. The highest BCUT2D eigenvalue weighted by Gasteiger charge is 2.32. The molecule has 0 saturated heterocycles. The number of halogens is 1. The first-order valence-electron chi connectivity index (χ1n) is 6.93. The van der Waals surface area contributed by atoms with Crippen LogP contribution in [0.5, 0.6) is 11.6 Å². The largest absolute Gasteiger partial charge is 0.480 e. The summed E-state index contributed by atoms with van der Waals surface area (Å²) in [5.41, 5.74) is -0.153. The highest BCUT2D eigenvalue weighted by Crippen LogP contribution is 2.38. The second-order valence-corrected chi connectivity index (χ2v) is 6.27. The Balaban J connectivity index is 2.02. The number of nitrogens with one attached hydrogen (secondary N) is 1. The Labute approximate surface area is 141 Å². The first-order valence-corrected chi connectivity index (χ1v) is 7.73. The highest BCUT2D eigenvalue weighted by molar-refractivity contribution is 9.10. The number of rotatable bonds is 4. The SMILES string of the molecule is COCC1(C)C=C(Oc2ccc(=O)[nH]n2)c2cc(Br)ccc2O1. The Hall–Kier alpha value is -2.12. The molecule has 0 fully saturated rings. The maximum Gasteiger partial charge on any atom is 0.264 e. The minimum Gasteiger partial charge on any atom is -0.480 e. The van der Waals surface area contributed by atoms with E-state index in [-0.39, 0.29) is 5.56 Å². The maximum absolute atomic E-state index is 11.1. The van der Waals surface area contributed by atoms with Crippen LogP contribution in [0.15, 0.2) is 45.7 Å². The fraction of sp³-hybridized carbons (Fsp3) is 0.250. The van der Waals surface area contributed by atoms with Gasteiger partial charge in [0.2, 0.25) is 5.88 Å². The van der Waals surface area contributed by atoms with Gasteiger partial charge in [-0.1, -0.05) is 15.9 Å². The monoisotopic (exact) mass is 378 g/mol. The van der Waals surface area contributed by atoms with Crippen molar-refractivity contribution in [3.05, 3.63) is 56.8 Å². The molecule has 1 atom stereocenters. The Morgan fingerprint density at radius 1 is 1.35 bits per heavy atom. The van der Waals surface area contributed by atoms with Gasteiger partial charge in [-0.25, -0.2) is 5.10 Å². The Kier molecular flexibility index (Phi) is 4.23. The molecule has 1 aliphatic heterocycles. The van der Waals surface area contributed by atoms with E-state index in [1.54, 1.807) is 7.11 Å². The fourth-order valence-corrected chi connectivity index (χ4v) is 2.72. The number of hydrogen-bond donors (Lipinski definition) is 1. The molecule has 0 amide bonds. The summed E-state index contributed by atoms with van der Waals surface area (Å²) in [6.07, 6.45) is 1.85. The minimum absolute atomic E-state index is 0.286. The van der Waals surface area contributed by atoms with E-state index < -0.39 is 5.60 Å². The van der Waals surface area contributed by atoms with Gasteiger partial charge in [0, 0.05) is 29.8 Å². The first kappa shape index (κ1) is 15.8. The fourth-order valence-electron chi connectivity index (χ4n) is 2.36. The van der Waals surface area contributed by atoms with Gasteiger partial charge in [-0.2, -0.15) is 0 Å². The van der Waals surface area contributed by atoms with Crippen LogP contribution < -0.4 is 15.0 Å². The minimum atomic E-state index is -0.660. The quantitative estimate of drug-likeness (QED) is 0.885. The van der Waals surface area contributed by atoms with Gasteiger partial charge in [0.25, 0.3) is 5.56 Å². The number of nitrogens with zero attached hydrogens (tertiary/aromatic N) is 1. The lowest BCUT2D eigenvalue weighted by molar-refractivity contribution is 0.0358. The number of benzene rings is 1. The van der Waals surface area contributed by atoms with Gasteiger partial charge < -0.3 is 14.2 Å². The molecule has 23 heavy (non-hydrogen) atoms. The molecular weight excluding hydrogens is 364 g/mol. The third kappa shape index (κ3) is 3.46. The summed E-state index contributed by atoms with van der Waals surface area (Å²) >= 11 is 3.45. The zero-order valence-electron chi connectivity index (χ0n) is 12.6. The van der Waals surface area contributed by atoms with E-state index in [4.69, 9.17) is 14.2 Å². The van der Waals surface area contributed by atoms with Crippen molar-refractivity contribution in [2.24, 2.45) is 0 Å². The van der Waals surface area contributed by atoms with Crippen LogP contribution in [0.1, 0.15) is 12.5 Å². The molecule has 0 bridgehead atoms. The Morgan fingerprint density at radius 2 is 2.17 bits per heavy atom. The predicted octanol–water partition coefficient (Wildman–Crippen LogP) is 2.75. The lowest BCUT2D eigenvalue weighted by Crippen LogP contribution is -2.38. The number of H-pyrrole nitrogens is 1. The molecule has 0 aliphatic carbocycles. The van der Waals surface area contributed by atoms with E-state index in [1.807, 2.05) is 31.2 Å². The highest BCUT2D eigenvalue weighted by atomic mass is 79.9. The molecule has 3 rings (SSSR count). The van der Waals surface area contributed by atoms with Crippen LogP contribution in [0, 0.1) is 0 Å². The van der Waals surface area contributed by atoms with E-state index in [9.17, 15) is 4.79 Å². The number of ether oxygens (including phenoxy) is 3. The van der Waals surface area contributed by atoms with Gasteiger partial charge in [-0.15, -0.1) is 5.10 Å². The van der Waals surface area contributed by atoms with Gasteiger partial charge in [0.1, 0.15) is 11.5 Å². The molecule has 1 N–H and O–H groups in total. The van der Waals surface area contributed by atoms with E-state index in [1.165, 1.54) is 12.1 Å². The average molecular weight is 379 g/mol. The molecular formula is C16H15BrN2O4. The van der Waals surface area contributed by atoms with Crippen molar-refractivity contribution in [1.82, 2.24) is 10.2 Å². The summed E-state index contributed by atoms with van der Waals surface area (Å²) in [5.74, 6) is 1.57. The van der Waals surface area contributed by atoms with E-state index >= 15 is 0 Å². The predicted molar refractivity (Wildman–Crippen MR) is 88.5 cm³/mol. The van der Waals surface area contributed by atoms with Crippen molar-refractivity contribution in [3.8, 4) is 11.6 Å². The summed E-state index contributed by atoms with van der Waals surface area (Å²) in [5, 5.41) is 6.22. The van der Waals surface area contributed by atoms with Crippen molar-refractivity contribution in [3.63, 3.8) is 0 Å². The van der Waals surface area contributed by atoms with Gasteiger partial charge in [-0.3, -0.25) is 4.79 Å². The Morgan fingerprint density at radius 3 is 2.87 bits per heavy atom. The van der Waals surface area contributed by atoms with Crippen molar-refractivity contribution >= 4 is 21.7 Å². The molecule has 2 heterocycles. The number of aromatic nitrogens is 2. The average Bonchev–Trinajstić information content (AvgIpc) is 2.50. The van der Waals surface area contributed by atoms with Gasteiger partial charge in [-0.05, 0) is 25.1 Å². The van der Waals surface area contributed by atoms with Gasteiger partial charge in [0.05, 0.1) is 12.2 Å². The smallest absolute Gasteiger partial charge is 0.264 e. The van der Waals surface area contributed by atoms with Crippen molar-refractivity contribution in [1.29, 1.82) is 0 Å². The first-order chi connectivity index (χ1) is 11.0. The molecule has 6 nitrogen and oxygen atoms in total. The number of aromatic amines is 1. The van der Waals surface area contributed by atoms with Crippen LogP contribution in [0.25, 0.3) is 5.76 Å². The normalized spacial score (nSPS) is 19.5. The summed E-state index contributed by atoms with van der Waals surface area (Å²) < 4.78 is 18.0. The van der Waals surface area contributed by atoms with E-state index in [2.05, 4.69) is 26.1 Å². The van der Waals surface area contributed by atoms with Crippen LogP contribution in [0.2, 0.25) is 0 Å². The summed E-state index contributed by atoms with van der Waals surface area (Å²) in [6, 6.07) is 8.54. The molecule has 1 aliphatic rings. The molecule has 7 heteroatoms. The van der Waals surface area contributed by atoms with Gasteiger partial charge >= 0.3 is 0 Å². The summed E-state index contributed by atoms with van der Waals surface area (Å²) in [6.45, 7) is 2.28. The molecule has 0 radical (unpaired) electrons. The second-order valence-electron chi connectivity index (χ2n) is 5.36. The topological polar surface area (TPSA) is 73.4 Å². The molecule has 2 aromatic rings. The molecule has 0 saturated carbocycles. The number of methoxy groups -OCH3 is 1. The molecule has 1 unspecified atom stereocenters. The molecule has 0 spiro atoms. The third-order valence-corrected chi connectivity index (χ3v) is 3.78. The van der Waals surface area contributed by atoms with Gasteiger partial charge in [0.15, 0.2) is 5.60 Å². The van der Waals surface area contributed by atoms with Crippen molar-refractivity contribution < 1.29 is 14.2 Å². The zero-order valence-corrected chi connectivity index (χ0v) is 14.2. The van der Waals surface area contributed by atoms with E-state index in [0.717, 1.165) is 10.0 Å². The summed E-state index contributed by atoms with van der Waals surface area (Å²) in [7, 11) is 1.61. The standard InChI is InChI=1S/C16H15BrN2O4/c1-16(9-21-2)8-13(22-15-6-5-14(20)18-19-15)11-7-10(17)3-4-12(11)23-16/h3-8H,9H2,1-2H3,(H,18,20). The van der Waals surface area contributed by atoms with Crippen LogP contribution >= 0.6 is 15.9 Å². The lowest BCUT2D eigenvalue weighted by Gasteiger charge is -2.33. The molecule has 1 aromatic heterocycles. The van der Waals surface area contributed by atoms with Crippen LogP contribution in [-0.4, -0.2) is 29.5 Å². The zero-order chi connectivity index (χ0) is 16.4. The van der Waals surface area contributed by atoms with Crippen LogP contribution in [0.4, 0.5) is 0 Å². The van der Waals surface area contributed by atoms with Crippen LogP contribution in [0.3, 0.4) is 0 Å². The number of fused-ring (bicyclic) bond motifs is 1. The molecule has 1 aromatic carbocycles. The van der Waals surface area contributed by atoms with E-state index in [0.29, 0.717) is 24.0 Å².